The summed E-state index contributed by atoms with van der Waals surface area (Å²) in [7, 11) is 0. The molecule has 0 saturated carbocycles. The second-order valence-electron chi connectivity index (χ2n) is 5.86. The summed E-state index contributed by atoms with van der Waals surface area (Å²) in [5.74, 6) is -0.0292. The Morgan fingerprint density at radius 1 is 1.04 bits per heavy atom. The van der Waals surface area contributed by atoms with Crippen molar-refractivity contribution in [2.45, 2.75) is 33.1 Å². The zero-order valence-electron chi connectivity index (χ0n) is 13.7. The fourth-order valence-electron chi connectivity index (χ4n) is 2.53. The molecular formula is C20H23FO2. The lowest BCUT2D eigenvalue weighted by molar-refractivity contribution is -0.144. The van der Waals surface area contributed by atoms with Crippen molar-refractivity contribution in [2.75, 3.05) is 6.61 Å². The SMILES string of the molecule is CCOC(=O)CC(C)CCc1ccc(-c2ccc(F)cc2)cc1. The molecule has 2 rings (SSSR count). The fraction of sp³-hybridized carbons (Fsp3) is 0.350. The molecule has 0 saturated heterocycles. The third-order valence-electron chi connectivity index (χ3n) is 3.88. The number of hydrogen-bond acceptors (Lipinski definition) is 2. The quantitative estimate of drug-likeness (QED) is 0.671. The minimum Gasteiger partial charge on any atom is -0.466 e. The van der Waals surface area contributed by atoms with Crippen molar-refractivity contribution in [1.82, 2.24) is 0 Å². The van der Waals surface area contributed by atoms with Crippen LogP contribution in [-0.4, -0.2) is 12.6 Å². The van der Waals surface area contributed by atoms with Gasteiger partial charge in [-0.05, 0) is 54.5 Å². The number of hydrogen-bond donors (Lipinski definition) is 0. The maximum absolute atomic E-state index is 12.9. The maximum atomic E-state index is 12.9. The predicted octanol–water partition coefficient (Wildman–Crippen LogP) is 5.01. The van der Waals surface area contributed by atoms with Crippen LogP contribution in [0.15, 0.2) is 48.5 Å². The molecule has 1 unspecified atom stereocenters. The normalized spacial score (nSPS) is 12.0. The van der Waals surface area contributed by atoms with Crippen LogP contribution in [0, 0.1) is 11.7 Å². The Hall–Kier alpha value is -2.16. The molecule has 0 aliphatic heterocycles. The topological polar surface area (TPSA) is 26.3 Å². The van der Waals surface area contributed by atoms with Gasteiger partial charge in [0.25, 0.3) is 0 Å². The maximum Gasteiger partial charge on any atom is 0.306 e. The molecule has 0 aromatic heterocycles. The monoisotopic (exact) mass is 314 g/mol. The largest absolute Gasteiger partial charge is 0.466 e. The number of aryl methyl sites for hydroxylation is 1. The lowest BCUT2D eigenvalue weighted by atomic mass is 9.97. The summed E-state index contributed by atoms with van der Waals surface area (Å²) in [4.78, 5) is 11.4. The number of carbonyl (C=O) groups is 1. The summed E-state index contributed by atoms with van der Waals surface area (Å²) in [6.07, 6.45) is 2.36. The predicted molar refractivity (Wildman–Crippen MR) is 90.6 cm³/mol. The van der Waals surface area contributed by atoms with E-state index in [0.717, 1.165) is 24.0 Å². The number of carbonyl (C=O) groups excluding carboxylic acids is 1. The van der Waals surface area contributed by atoms with Gasteiger partial charge in [0, 0.05) is 6.42 Å². The molecule has 0 radical (unpaired) electrons. The van der Waals surface area contributed by atoms with Crippen LogP contribution in [0.1, 0.15) is 32.3 Å². The summed E-state index contributed by atoms with van der Waals surface area (Å²) in [6, 6.07) is 14.8. The molecule has 0 N–H and O–H groups in total. The first-order valence-electron chi connectivity index (χ1n) is 8.09. The Morgan fingerprint density at radius 3 is 2.17 bits per heavy atom. The molecule has 2 nitrogen and oxygen atoms in total. The van der Waals surface area contributed by atoms with Gasteiger partial charge in [0.2, 0.25) is 0 Å². The smallest absolute Gasteiger partial charge is 0.306 e. The van der Waals surface area contributed by atoms with E-state index in [0.29, 0.717) is 18.9 Å². The van der Waals surface area contributed by atoms with E-state index >= 15 is 0 Å². The van der Waals surface area contributed by atoms with Crippen LogP contribution in [0.25, 0.3) is 11.1 Å². The Bertz CT molecular complexity index is 617. The van der Waals surface area contributed by atoms with Crippen LogP contribution in [0.4, 0.5) is 4.39 Å². The molecule has 2 aromatic rings. The number of ether oxygens (including phenoxy) is 1. The highest BCUT2D eigenvalue weighted by Crippen LogP contribution is 2.21. The van der Waals surface area contributed by atoms with E-state index < -0.39 is 0 Å². The molecule has 122 valence electrons. The van der Waals surface area contributed by atoms with E-state index in [4.69, 9.17) is 4.74 Å². The first-order valence-corrected chi connectivity index (χ1v) is 8.09. The van der Waals surface area contributed by atoms with Crippen LogP contribution in [0.2, 0.25) is 0 Å². The molecule has 0 aliphatic rings. The van der Waals surface area contributed by atoms with Gasteiger partial charge in [-0.3, -0.25) is 4.79 Å². The molecule has 0 amide bonds. The second kappa shape index (κ2) is 8.47. The molecule has 0 fully saturated rings. The van der Waals surface area contributed by atoms with Gasteiger partial charge in [-0.1, -0.05) is 43.3 Å². The van der Waals surface area contributed by atoms with Gasteiger partial charge in [-0.25, -0.2) is 4.39 Å². The first-order chi connectivity index (χ1) is 11.1. The number of halogens is 1. The van der Waals surface area contributed by atoms with Gasteiger partial charge in [0.15, 0.2) is 0 Å². The lowest BCUT2D eigenvalue weighted by Gasteiger charge is -2.11. The second-order valence-corrected chi connectivity index (χ2v) is 5.86. The van der Waals surface area contributed by atoms with Gasteiger partial charge in [-0.2, -0.15) is 0 Å². The lowest BCUT2D eigenvalue weighted by Crippen LogP contribution is -2.10. The third kappa shape index (κ3) is 5.51. The Morgan fingerprint density at radius 2 is 1.61 bits per heavy atom. The summed E-state index contributed by atoms with van der Waals surface area (Å²) >= 11 is 0. The van der Waals surface area contributed by atoms with Crippen LogP contribution < -0.4 is 0 Å². The van der Waals surface area contributed by atoms with Crippen LogP contribution in [0.3, 0.4) is 0 Å². The van der Waals surface area contributed by atoms with Crippen molar-refractivity contribution >= 4 is 5.97 Å². The standard InChI is InChI=1S/C20H23FO2/c1-3-23-20(22)14-15(2)4-5-16-6-8-17(9-7-16)18-10-12-19(21)13-11-18/h6-13,15H,3-5,14H2,1-2H3. The van der Waals surface area contributed by atoms with Crippen molar-refractivity contribution in [2.24, 2.45) is 5.92 Å². The Kier molecular flexibility index (Phi) is 6.33. The van der Waals surface area contributed by atoms with Gasteiger partial charge in [0.05, 0.1) is 6.61 Å². The fourth-order valence-corrected chi connectivity index (χ4v) is 2.53. The van der Waals surface area contributed by atoms with Crippen molar-refractivity contribution in [3.05, 3.63) is 59.9 Å². The van der Waals surface area contributed by atoms with Crippen molar-refractivity contribution in [3.63, 3.8) is 0 Å². The van der Waals surface area contributed by atoms with E-state index in [2.05, 4.69) is 31.2 Å². The minimum absolute atomic E-state index is 0.119. The zero-order valence-corrected chi connectivity index (χ0v) is 13.7. The van der Waals surface area contributed by atoms with Crippen LogP contribution >= 0.6 is 0 Å². The Balaban J connectivity index is 1.87. The van der Waals surface area contributed by atoms with Gasteiger partial charge in [0.1, 0.15) is 5.82 Å². The molecule has 0 aliphatic carbocycles. The highest BCUT2D eigenvalue weighted by atomic mass is 19.1. The zero-order chi connectivity index (χ0) is 16.7. The van der Waals surface area contributed by atoms with E-state index in [1.807, 2.05) is 6.92 Å². The van der Waals surface area contributed by atoms with Crippen molar-refractivity contribution < 1.29 is 13.9 Å². The van der Waals surface area contributed by atoms with Gasteiger partial charge < -0.3 is 4.74 Å². The Labute approximate surface area is 137 Å². The van der Waals surface area contributed by atoms with E-state index in [1.54, 1.807) is 12.1 Å². The number of esters is 1. The van der Waals surface area contributed by atoms with E-state index in [9.17, 15) is 9.18 Å². The molecule has 1 atom stereocenters. The summed E-state index contributed by atoms with van der Waals surface area (Å²) < 4.78 is 17.9. The van der Waals surface area contributed by atoms with Gasteiger partial charge in [-0.15, -0.1) is 0 Å². The van der Waals surface area contributed by atoms with Gasteiger partial charge >= 0.3 is 5.97 Å². The molecule has 2 aromatic carbocycles. The third-order valence-corrected chi connectivity index (χ3v) is 3.88. The average Bonchev–Trinajstić information content (AvgIpc) is 2.54. The molecule has 0 heterocycles. The average molecular weight is 314 g/mol. The van der Waals surface area contributed by atoms with E-state index in [-0.39, 0.29) is 11.8 Å². The number of rotatable bonds is 7. The van der Waals surface area contributed by atoms with Crippen LogP contribution in [0.5, 0.6) is 0 Å². The number of benzene rings is 2. The van der Waals surface area contributed by atoms with Crippen molar-refractivity contribution in [1.29, 1.82) is 0 Å². The molecular weight excluding hydrogens is 291 g/mol. The molecule has 0 spiro atoms. The molecule has 0 bridgehead atoms. The van der Waals surface area contributed by atoms with Crippen molar-refractivity contribution in [3.8, 4) is 11.1 Å². The summed E-state index contributed by atoms with van der Waals surface area (Å²) in [5, 5.41) is 0. The minimum atomic E-state index is -0.221. The highest BCUT2D eigenvalue weighted by Gasteiger charge is 2.10. The van der Waals surface area contributed by atoms with Crippen LogP contribution in [-0.2, 0) is 16.0 Å². The summed E-state index contributed by atoms with van der Waals surface area (Å²) in [6.45, 7) is 4.34. The highest BCUT2D eigenvalue weighted by molar-refractivity contribution is 5.69. The van der Waals surface area contributed by atoms with E-state index in [1.165, 1.54) is 17.7 Å². The summed E-state index contributed by atoms with van der Waals surface area (Å²) in [5.41, 5.74) is 3.33. The molecule has 3 heteroatoms. The molecule has 23 heavy (non-hydrogen) atoms. The first kappa shape index (κ1) is 17.2.